The molecule has 3 heterocycles. The molecule has 0 N–H and O–H groups in total. The normalized spacial score (nSPS) is 18.6. The topological polar surface area (TPSA) is 28.5 Å². The number of anilines is 1. The van der Waals surface area contributed by atoms with Gasteiger partial charge in [0.1, 0.15) is 10.5 Å². The highest BCUT2D eigenvalue weighted by atomic mass is 35.5. The van der Waals surface area contributed by atoms with Crippen molar-refractivity contribution in [2.24, 2.45) is 4.99 Å². The Balaban J connectivity index is 1.69. The van der Waals surface area contributed by atoms with E-state index in [1.165, 1.54) is 0 Å². The first-order chi connectivity index (χ1) is 14.5. The molecule has 1 saturated heterocycles. The van der Waals surface area contributed by atoms with Crippen molar-refractivity contribution in [3.63, 3.8) is 0 Å². The van der Waals surface area contributed by atoms with Crippen molar-refractivity contribution in [2.75, 3.05) is 11.4 Å². The Hall–Kier alpha value is -2.12. The van der Waals surface area contributed by atoms with Gasteiger partial charge in [-0.1, -0.05) is 23.7 Å². The van der Waals surface area contributed by atoms with Gasteiger partial charge in [-0.15, -0.1) is 0 Å². The SMILES string of the molecule is Cc1ccc2c(c1-c1c(Cl)cc3c(N4CCCCC4C(F)F)snc3c1F)C=NC2. The Morgan fingerprint density at radius 3 is 2.87 bits per heavy atom. The fourth-order valence-electron chi connectivity index (χ4n) is 4.53. The summed E-state index contributed by atoms with van der Waals surface area (Å²) in [4.78, 5) is 5.99. The predicted octanol–water partition coefficient (Wildman–Crippen LogP) is 6.62. The monoisotopic (exact) mass is 449 g/mol. The second-order valence-corrected chi connectivity index (χ2v) is 8.98. The van der Waals surface area contributed by atoms with Gasteiger partial charge in [0, 0.05) is 29.3 Å². The van der Waals surface area contributed by atoms with Crippen LogP contribution in [0.5, 0.6) is 0 Å². The molecule has 0 aliphatic carbocycles. The first-order valence-corrected chi connectivity index (χ1v) is 11.1. The molecular weight excluding hydrogens is 431 g/mol. The Bertz CT molecular complexity index is 1170. The number of nitrogens with zero attached hydrogens (tertiary/aromatic N) is 3. The first kappa shape index (κ1) is 19.8. The molecular formula is C22H19ClF3N3S. The quantitative estimate of drug-likeness (QED) is 0.449. The highest BCUT2D eigenvalue weighted by Crippen LogP contribution is 2.44. The van der Waals surface area contributed by atoms with E-state index in [4.69, 9.17) is 11.6 Å². The van der Waals surface area contributed by atoms with Gasteiger partial charge < -0.3 is 4.90 Å². The summed E-state index contributed by atoms with van der Waals surface area (Å²) in [6.45, 7) is 2.99. The van der Waals surface area contributed by atoms with E-state index in [2.05, 4.69) is 9.37 Å². The standard InChI is InChI=1S/C22H19ClF3N3S/c1-11-5-6-12-9-27-10-14(12)17(11)18-15(23)8-13-20(19(18)24)28-30-22(13)29-7-3-2-4-16(29)21(25)26/h5-6,8,10,16,21H,2-4,7,9H2,1H3. The summed E-state index contributed by atoms with van der Waals surface area (Å²) < 4.78 is 47.3. The molecule has 3 aromatic rings. The molecule has 5 rings (SSSR count). The fourth-order valence-corrected chi connectivity index (χ4v) is 5.76. The molecule has 1 fully saturated rings. The van der Waals surface area contributed by atoms with Gasteiger partial charge in [-0.3, -0.25) is 4.99 Å². The molecule has 0 radical (unpaired) electrons. The number of hydrogen-bond acceptors (Lipinski definition) is 4. The minimum atomic E-state index is -2.46. The number of aryl methyl sites for hydroxylation is 1. The van der Waals surface area contributed by atoms with E-state index in [9.17, 15) is 8.78 Å². The van der Waals surface area contributed by atoms with Crippen LogP contribution in [-0.4, -0.2) is 29.6 Å². The number of hydrogen-bond donors (Lipinski definition) is 0. The zero-order valence-corrected chi connectivity index (χ0v) is 17.8. The highest BCUT2D eigenvalue weighted by molar-refractivity contribution is 7.11. The first-order valence-electron chi connectivity index (χ1n) is 9.92. The molecule has 8 heteroatoms. The average Bonchev–Trinajstić information content (AvgIpc) is 3.36. The maximum absolute atomic E-state index is 15.7. The van der Waals surface area contributed by atoms with Gasteiger partial charge in [-0.05, 0) is 60.5 Å². The third kappa shape index (κ3) is 3.02. The summed E-state index contributed by atoms with van der Waals surface area (Å²) in [7, 11) is 0. The lowest BCUT2D eigenvalue weighted by Crippen LogP contribution is -2.43. The molecule has 2 aromatic carbocycles. The smallest absolute Gasteiger partial charge is 0.258 e. The number of piperidine rings is 1. The van der Waals surface area contributed by atoms with E-state index >= 15 is 4.39 Å². The molecule has 30 heavy (non-hydrogen) atoms. The van der Waals surface area contributed by atoms with Crippen molar-refractivity contribution < 1.29 is 13.2 Å². The molecule has 0 amide bonds. The molecule has 2 aliphatic heterocycles. The second-order valence-electron chi connectivity index (χ2n) is 7.82. The van der Waals surface area contributed by atoms with Crippen molar-refractivity contribution in [1.29, 1.82) is 0 Å². The van der Waals surface area contributed by atoms with Crippen molar-refractivity contribution in [2.45, 2.75) is 45.2 Å². The van der Waals surface area contributed by atoms with Crippen LogP contribution in [0.3, 0.4) is 0 Å². The maximum Gasteiger partial charge on any atom is 0.258 e. The number of aromatic nitrogens is 1. The Morgan fingerprint density at radius 1 is 1.23 bits per heavy atom. The van der Waals surface area contributed by atoms with Crippen molar-refractivity contribution >= 4 is 45.3 Å². The molecule has 1 aromatic heterocycles. The Kier molecular flexibility index (Phi) is 4.98. The number of alkyl halides is 2. The van der Waals surface area contributed by atoms with Crippen LogP contribution in [0.1, 0.15) is 36.0 Å². The lowest BCUT2D eigenvalue weighted by Gasteiger charge is -2.35. The summed E-state index contributed by atoms with van der Waals surface area (Å²) in [5.41, 5.74) is 3.99. The van der Waals surface area contributed by atoms with E-state index in [-0.39, 0.29) is 10.5 Å². The lowest BCUT2D eigenvalue weighted by atomic mass is 9.91. The van der Waals surface area contributed by atoms with Crippen molar-refractivity contribution in [3.05, 3.63) is 45.7 Å². The van der Waals surface area contributed by atoms with E-state index < -0.39 is 18.3 Å². The molecule has 0 spiro atoms. The Morgan fingerprint density at radius 2 is 2.07 bits per heavy atom. The maximum atomic E-state index is 15.7. The van der Waals surface area contributed by atoms with E-state index in [1.54, 1.807) is 17.2 Å². The molecule has 0 saturated carbocycles. The van der Waals surface area contributed by atoms with Crippen LogP contribution in [0, 0.1) is 12.7 Å². The van der Waals surface area contributed by atoms with Crippen LogP contribution in [0.4, 0.5) is 18.2 Å². The molecule has 1 atom stereocenters. The van der Waals surface area contributed by atoms with Gasteiger partial charge in [-0.25, -0.2) is 13.2 Å². The van der Waals surface area contributed by atoms with Crippen LogP contribution in [-0.2, 0) is 6.54 Å². The Labute approximate surface area is 181 Å². The zero-order valence-electron chi connectivity index (χ0n) is 16.3. The summed E-state index contributed by atoms with van der Waals surface area (Å²) >= 11 is 7.67. The lowest BCUT2D eigenvalue weighted by molar-refractivity contribution is 0.100. The van der Waals surface area contributed by atoms with Gasteiger partial charge in [0.2, 0.25) is 0 Å². The third-order valence-electron chi connectivity index (χ3n) is 6.02. The van der Waals surface area contributed by atoms with E-state index in [0.717, 1.165) is 46.6 Å². The van der Waals surface area contributed by atoms with Gasteiger partial charge >= 0.3 is 0 Å². The second kappa shape index (κ2) is 7.54. The van der Waals surface area contributed by atoms with Crippen LogP contribution < -0.4 is 4.90 Å². The van der Waals surface area contributed by atoms with E-state index in [0.29, 0.717) is 35.5 Å². The predicted molar refractivity (Wildman–Crippen MR) is 117 cm³/mol. The van der Waals surface area contributed by atoms with Crippen LogP contribution in [0.25, 0.3) is 22.0 Å². The van der Waals surface area contributed by atoms with Crippen molar-refractivity contribution in [3.8, 4) is 11.1 Å². The number of benzene rings is 2. The average molecular weight is 450 g/mol. The molecule has 2 aliphatic rings. The van der Waals surface area contributed by atoms with Gasteiger partial charge in [0.15, 0.2) is 5.82 Å². The van der Waals surface area contributed by atoms with Crippen LogP contribution >= 0.6 is 23.1 Å². The number of fused-ring (bicyclic) bond motifs is 2. The van der Waals surface area contributed by atoms with Gasteiger partial charge in [0.05, 0.1) is 17.6 Å². The third-order valence-corrected chi connectivity index (χ3v) is 7.22. The van der Waals surface area contributed by atoms with Gasteiger partial charge in [-0.2, -0.15) is 4.37 Å². The van der Waals surface area contributed by atoms with Crippen molar-refractivity contribution in [1.82, 2.24) is 4.37 Å². The highest BCUT2D eigenvalue weighted by Gasteiger charge is 2.33. The molecule has 0 bridgehead atoms. The van der Waals surface area contributed by atoms with Crippen LogP contribution in [0.2, 0.25) is 5.02 Å². The molecule has 156 valence electrons. The summed E-state index contributed by atoms with van der Waals surface area (Å²) in [5.74, 6) is -0.512. The summed E-state index contributed by atoms with van der Waals surface area (Å²) in [6, 6.07) is 4.74. The number of rotatable bonds is 3. The zero-order chi connectivity index (χ0) is 21.0. The summed E-state index contributed by atoms with van der Waals surface area (Å²) in [6.07, 6.45) is 1.30. The van der Waals surface area contributed by atoms with Gasteiger partial charge in [0.25, 0.3) is 6.43 Å². The number of aliphatic imine (C=N–C) groups is 1. The van der Waals surface area contributed by atoms with E-state index in [1.807, 2.05) is 19.1 Å². The largest absolute Gasteiger partial charge is 0.353 e. The molecule has 1 unspecified atom stereocenters. The van der Waals surface area contributed by atoms with Crippen LogP contribution in [0.15, 0.2) is 23.2 Å². The number of halogens is 4. The fraction of sp³-hybridized carbons (Fsp3) is 0.364. The molecule has 3 nitrogen and oxygen atoms in total. The minimum Gasteiger partial charge on any atom is -0.353 e. The minimum absolute atomic E-state index is 0.180. The summed E-state index contributed by atoms with van der Waals surface area (Å²) in [5, 5.41) is 1.32.